The van der Waals surface area contributed by atoms with Gasteiger partial charge in [-0.1, -0.05) is 60.7 Å². The Balaban J connectivity index is 1.34. The summed E-state index contributed by atoms with van der Waals surface area (Å²) in [7, 11) is 0. The van der Waals surface area contributed by atoms with Gasteiger partial charge in [-0.15, -0.1) is 0 Å². The lowest BCUT2D eigenvalue weighted by molar-refractivity contribution is -0.126. The number of rotatable bonds is 8. The molecule has 2 fully saturated rings. The third-order valence-corrected chi connectivity index (χ3v) is 6.61. The molecule has 0 aromatic heterocycles. The van der Waals surface area contributed by atoms with E-state index in [1.165, 1.54) is 4.90 Å². The first-order chi connectivity index (χ1) is 18.1. The zero-order chi connectivity index (χ0) is 25.6. The minimum absolute atomic E-state index is 0.0181. The molecule has 37 heavy (non-hydrogen) atoms. The molecule has 8 heteroatoms. The van der Waals surface area contributed by atoms with Gasteiger partial charge in [-0.25, -0.2) is 4.79 Å². The van der Waals surface area contributed by atoms with Crippen molar-refractivity contribution in [3.8, 4) is 0 Å². The average Bonchev–Trinajstić information content (AvgIpc) is 3.57. The molecule has 190 valence electrons. The molecule has 3 aromatic carbocycles. The lowest BCUT2D eigenvalue weighted by Crippen LogP contribution is -2.47. The van der Waals surface area contributed by atoms with Gasteiger partial charge in [-0.2, -0.15) is 0 Å². The van der Waals surface area contributed by atoms with Gasteiger partial charge in [0.25, 0.3) is 5.91 Å². The quantitative estimate of drug-likeness (QED) is 0.482. The van der Waals surface area contributed by atoms with Crippen molar-refractivity contribution in [3.05, 3.63) is 102 Å². The SMILES string of the molecule is O=C(Nc1ccc(C2OC(=O)N(Cc3ccccc3)C2C(=O)NCC2CCCO2)cc1)c1ccccc1. The molecule has 3 unspecified atom stereocenters. The molecular formula is C29H29N3O5. The molecule has 8 nitrogen and oxygen atoms in total. The van der Waals surface area contributed by atoms with Crippen LogP contribution in [0, 0.1) is 0 Å². The smallest absolute Gasteiger partial charge is 0.411 e. The molecule has 0 radical (unpaired) electrons. The standard InChI is InChI=1S/C29H29N3O5/c33-27(22-10-5-2-6-11-22)31-23-15-13-21(14-16-23)26-25(28(34)30-18-24-12-7-17-36-24)32(29(35)37-26)19-20-8-3-1-4-9-20/h1-6,8-11,13-16,24-26H,7,12,17-19H2,(H,30,34)(H,31,33). The Kier molecular flexibility index (Phi) is 7.46. The van der Waals surface area contributed by atoms with Gasteiger partial charge in [-0.3, -0.25) is 14.5 Å². The number of carbonyl (C=O) groups is 3. The van der Waals surface area contributed by atoms with E-state index in [9.17, 15) is 14.4 Å². The maximum absolute atomic E-state index is 13.4. The van der Waals surface area contributed by atoms with E-state index in [0.29, 0.717) is 30.0 Å². The van der Waals surface area contributed by atoms with Crippen LogP contribution in [0.1, 0.15) is 40.4 Å². The van der Waals surface area contributed by atoms with Crippen LogP contribution in [-0.4, -0.2) is 48.1 Å². The predicted octanol–water partition coefficient (Wildman–Crippen LogP) is 4.30. The molecular weight excluding hydrogens is 470 g/mol. The Labute approximate surface area is 215 Å². The Morgan fingerprint density at radius 2 is 1.62 bits per heavy atom. The van der Waals surface area contributed by atoms with Crippen molar-refractivity contribution >= 4 is 23.6 Å². The molecule has 0 aliphatic carbocycles. The summed E-state index contributed by atoms with van der Waals surface area (Å²) in [5, 5.41) is 5.82. The summed E-state index contributed by atoms with van der Waals surface area (Å²) in [6.45, 7) is 1.33. The molecule has 2 aliphatic heterocycles. The molecule has 2 saturated heterocycles. The van der Waals surface area contributed by atoms with Crippen molar-refractivity contribution in [1.82, 2.24) is 10.2 Å². The number of cyclic esters (lactones) is 1. The summed E-state index contributed by atoms with van der Waals surface area (Å²) in [5.74, 6) is -0.509. The number of carbonyl (C=O) groups excluding carboxylic acids is 3. The predicted molar refractivity (Wildman–Crippen MR) is 138 cm³/mol. The van der Waals surface area contributed by atoms with Gasteiger partial charge in [0.15, 0.2) is 12.1 Å². The summed E-state index contributed by atoms with van der Waals surface area (Å²) < 4.78 is 11.4. The number of nitrogens with one attached hydrogen (secondary N) is 2. The zero-order valence-electron chi connectivity index (χ0n) is 20.3. The van der Waals surface area contributed by atoms with Gasteiger partial charge in [0.2, 0.25) is 5.91 Å². The van der Waals surface area contributed by atoms with Gasteiger partial charge in [-0.05, 0) is 48.2 Å². The van der Waals surface area contributed by atoms with Crippen LogP contribution in [0.4, 0.5) is 10.5 Å². The second-order valence-corrected chi connectivity index (χ2v) is 9.19. The summed E-state index contributed by atoms with van der Waals surface area (Å²) in [6.07, 6.45) is 0.512. The fourth-order valence-corrected chi connectivity index (χ4v) is 4.66. The number of hydrogen-bond donors (Lipinski definition) is 2. The topological polar surface area (TPSA) is 97.0 Å². The number of benzene rings is 3. The lowest BCUT2D eigenvalue weighted by Gasteiger charge is -2.25. The Bertz CT molecular complexity index is 1230. The van der Waals surface area contributed by atoms with Crippen molar-refractivity contribution in [2.75, 3.05) is 18.5 Å². The second kappa shape index (κ2) is 11.3. The number of ether oxygens (including phenoxy) is 2. The van der Waals surface area contributed by atoms with E-state index in [0.717, 1.165) is 18.4 Å². The normalized spacial score (nSPS) is 20.9. The van der Waals surface area contributed by atoms with Gasteiger partial charge in [0, 0.05) is 24.4 Å². The summed E-state index contributed by atoms with van der Waals surface area (Å²) >= 11 is 0. The second-order valence-electron chi connectivity index (χ2n) is 9.19. The highest BCUT2D eigenvalue weighted by atomic mass is 16.6. The number of anilines is 1. The summed E-state index contributed by atoms with van der Waals surface area (Å²) in [4.78, 5) is 40.3. The molecule has 3 atom stereocenters. The highest BCUT2D eigenvalue weighted by molar-refractivity contribution is 6.04. The third-order valence-electron chi connectivity index (χ3n) is 6.61. The average molecular weight is 500 g/mol. The van der Waals surface area contributed by atoms with Crippen molar-refractivity contribution in [1.29, 1.82) is 0 Å². The molecule has 0 spiro atoms. The van der Waals surface area contributed by atoms with Crippen LogP contribution >= 0.6 is 0 Å². The maximum atomic E-state index is 13.4. The monoisotopic (exact) mass is 499 g/mol. The lowest BCUT2D eigenvalue weighted by atomic mass is 10.00. The Hall–Kier alpha value is -4.17. The van der Waals surface area contributed by atoms with Gasteiger partial charge < -0.3 is 20.1 Å². The zero-order valence-corrected chi connectivity index (χ0v) is 20.3. The fourth-order valence-electron chi connectivity index (χ4n) is 4.66. The Morgan fingerprint density at radius 3 is 2.30 bits per heavy atom. The van der Waals surface area contributed by atoms with E-state index in [2.05, 4.69) is 10.6 Å². The maximum Gasteiger partial charge on any atom is 0.411 e. The van der Waals surface area contributed by atoms with E-state index in [-0.39, 0.29) is 24.5 Å². The van der Waals surface area contributed by atoms with Crippen molar-refractivity contribution in [2.45, 2.75) is 37.6 Å². The largest absolute Gasteiger partial charge is 0.438 e. The number of hydrogen-bond acceptors (Lipinski definition) is 5. The summed E-state index contributed by atoms with van der Waals surface area (Å²) in [6, 6.07) is 24.6. The van der Waals surface area contributed by atoms with Crippen LogP contribution in [0.25, 0.3) is 0 Å². The van der Waals surface area contributed by atoms with Gasteiger partial charge in [0.05, 0.1) is 12.6 Å². The molecule has 0 saturated carbocycles. The summed E-state index contributed by atoms with van der Waals surface area (Å²) in [5.41, 5.74) is 2.72. The highest BCUT2D eigenvalue weighted by Gasteiger charge is 2.47. The first-order valence-corrected chi connectivity index (χ1v) is 12.5. The molecule has 2 N–H and O–H groups in total. The minimum Gasteiger partial charge on any atom is -0.438 e. The van der Waals surface area contributed by atoms with Crippen molar-refractivity contribution in [2.24, 2.45) is 0 Å². The van der Waals surface area contributed by atoms with Crippen molar-refractivity contribution < 1.29 is 23.9 Å². The van der Waals surface area contributed by atoms with Crippen molar-refractivity contribution in [3.63, 3.8) is 0 Å². The first kappa shape index (κ1) is 24.5. The van der Waals surface area contributed by atoms with E-state index < -0.39 is 18.2 Å². The van der Waals surface area contributed by atoms with Gasteiger partial charge >= 0.3 is 6.09 Å². The minimum atomic E-state index is -0.848. The van der Waals surface area contributed by atoms with Crippen LogP contribution in [0.5, 0.6) is 0 Å². The third kappa shape index (κ3) is 5.81. The van der Waals surface area contributed by atoms with Crippen LogP contribution in [0.2, 0.25) is 0 Å². The van der Waals surface area contributed by atoms with Gasteiger partial charge in [0.1, 0.15) is 0 Å². The van der Waals surface area contributed by atoms with E-state index in [4.69, 9.17) is 9.47 Å². The van der Waals surface area contributed by atoms with E-state index in [1.807, 2.05) is 36.4 Å². The van der Waals surface area contributed by atoms with E-state index >= 15 is 0 Å². The van der Waals surface area contributed by atoms with Crippen LogP contribution in [-0.2, 0) is 20.8 Å². The molecule has 5 rings (SSSR count). The van der Waals surface area contributed by atoms with Crippen LogP contribution in [0.15, 0.2) is 84.9 Å². The molecule has 2 aliphatic rings. The molecule has 0 bridgehead atoms. The molecule has 3 amide bonds. The molecule has 3 aromatic rings. The number of amides is 3. The molecule has 2 heterocycles. The fraction of sp³-hybridized carbons (Fsp3) is 0.276. The first-order valence-electron chi connectivity index (χ1n) is 12.5. The van der Waals surface area contributed by atoms with Crippen LogP contribution in [0.3, 0.4) is 0 Å². The van der Waals surface area contributed by atoms with Crippen LogP contribution < -0.4 is 10.6 Å². The van der Waals surface area contributed by atoms with E-state index in [1.54, 1.807) is 48.5 Å². The highest BCUT2D eigenvalue weighted by Crippen LogP contribution is 2.34. The Morgan fingerprint density at radius 1 is 0.919 bits per heavy atom. The number of nitrogens with zero attached hydrogens (tertiary/aromatic N) is 1.